The van der Waals surface area contributed by atoms with Crippen molar-refractivity contribution in [1.82, 2.24) is 14.7 Å². The standard InChI is InChI=1S/C13H25N5O3/c1-6-7-17-12(11(18(20)21)10(2)15-17)14-8-13(3,19)9-16(4)5/h14,19H,6-9H2,1-5H3. The molecule has 1 aromatic rings. The average molecular weight is 299 g/mol. The van der Waals surface area contributed by atoms with Gasteiger partial charge in [0, 0.05) is 19.6 Å². The Morgan fingerprint density at radius 2 is 2.14 bits per heavy atom. The highest BCUT2D eigenvalue weighted by molar-refractivity contribution is 5.59. The van der Waals surface area contributed by atoms with Crippen LogP contribution in [0.15, 0.2) is 0 Å². The highest BCUT2D eigenvalue weighted by Crippen LogP contribution is 2.28. The van der Waals surface area contributed by atoms with Crippen LogP contribution < -0.4 is 5.32 Å². The molecule has 1 unspecified atom stereocenters. The van der Waals surface area contributed by atoms with E-state index < -0.39 is 10.5 Å². The number of aromatic nitrogens is 2. The van der Waals surface area contributed by atoms with E-state index in [-0.39, 0.29) is 12.2 Å². The molecule has 120 valence electrons. The summed E-state index contributed by atoms with van der Waals surface area (Å²) in [5.41, 5.74) is -0.639. The molecule has 0 fully saturated rings. The van der Waals surface area contributed by atoms with Crippen LogP contribution in [0.5, 0.6) is 0 Å². The van der Waals surface area contributed by atoms with Crippen molar-refractivity contribution >= 4 is 11.5 Å². The van der Waals surface area contributed by atoms with Crippen molar-refractivity contribution in [3.8, 4) is 0 Å². The van der Waals surface area contributed by atoms with Crippen molar-refractivity contribution in [3.05, 3.63) is 15.8 Å². The number of hydrogen-bond donors (Lipinski definition) is 2. The Hall–Kier alpha value is -1.67. The van der Waals surface area contributed by atoms with Gasteiger partial charge < -0.3 is 15.3 Å². The summed E-state index contributed by atoms with van der Waals surface area (Å²) in [5.74, 6) is 0.360. The van der Waals surface area contributed by atoms with Gasteiger partial charge in [-0.05, 0) is 34.4 Å². The topological polar surface area (TPSA) is 96.5 Å². The molecule has 0 aromatic carbocycles. The van der Waals surface area contributed by atoms with Crippen LogP contribution in [-0.2, 0) is 6.54 Å². The van der Waals surface area contributed by atoms with Crippen LogP contribution in [0.25, 0.3) is 0 Å². The lowest BCUT2D eigenvalue weighted by Gasteiger charge is -2.27. The second kappa shape index (κ2) is 6.86. The monoisotopic (exact) mass is 299 g/mol. The predicted molar refractivity (Wildman–Crippen MR) is 81.6 cm³/mol. The summed E-state index contributed by atoms with van der Waals surface area (Å²) in [4.78, 5) is 12.6. The number of rotatable bonds is 8. The SMILES string of the molecule is CCCn1nc(C)c([N+](=O)[O-])c1NCC(C)(O)CN(C)C. The van der Waals surface area contributed by atoms with E-state index in [2.05, 4.69) is 10.4 Å². The molecule has 0 aliphatic heterocycles. The van der Waals surface area contributed by atoms with Gasteiger partial charge in [-0.15, -0.1) is 0 Å². The number of anilines is 1. The number of nitro groups is 1. The van der Waals surface area contributed by atoms with Crippen LogP contribution in [0.4, 0.5) is 11.5 Å². The Labute approximate surface area is 124 Å². The van der Waals surface area contributed by atoms with Gasteiger partial charge in [0.1, 0.15) is 5.69 Å². The van der Waals surface area contributed by atoms with Crippen LogP contribution >= 0.6 is 0 Å². The molecular formula is C13H25N5O3. The summed E-state index contributed by atoms with van der Waals surface area (Å²) in [5, 5.41) is 28.7. The minimum Gasteiger partial charge on any atom is -0.387 e. The molecule has 1 aromatic heterocycles. The van der Waals surface area contributed by atoms with Gasteiger partial charge in [-0.3, -0.25) is 10.1 Å². The lowest BCUT2D eigenvalue weighted by atomic mass is 10.1. The number of aliphatic hydroxyl groups is 1. The highest BCUT2D eigenvalue weighted by atomic mass is 16.6. The molecule has 0 bridgehead atoms. The minimum absolute atomic E-state index is 0.0240. The first-order valence-corrected chi connectivity index (χ1v) is 7.00. The molecule has 21 heavy (non-hydrogen) atoms. The van der Waals surface area contributed by atoms with Gasteiger partial charge in [0.2, 0.25) is 5.82 Å². The van der Waals surface area contributed by atoms with Crippen LogP contribution in [0.3, 0.4) is 0 Å². The third-order valence-electron chi connectivity index (χ3n) is 3.01. The molecule has 0 spiro atoms. The summed E-state index contributed by atoms with van der Waals surface area (Å²) in [6.07, 6.45) is 0.820. The fourth-order valence-electron chi connectivity index (χ4n) is 2.35. The molecule has 2 N–H and O–H groups in total. The molecule has 0 saturated carbocycles. The van der Waals surface area contributed by atoms with E-state index in [0.29, 0.717) is 24.6 Å². The predicted octanol–water partition coefficient (Wildman–Crippen LogP) is 1.23. The molecule has 0 aliphatic carbocycles. The normalized spacial score (nSPS) is 14.2. The quantitative estimate of drug-likeness (QED) is 0.553. The number of likely N-dealkylation sites (N-methyl/N-ethyl adjacent to an activating group) is 1. The van der Waals surface area contributed by atoms with Gasteiger partial charge in [0.15, 0.2) is 0 Å². The molecule has 0 saturated heterocycles. The summed E-state index contributed by atoms with van der Waals surface area (Å²) in [6, 6.07) is 0. The maximum atomic E-state index is 11.2. The van der Waals surface area contributed by atoms with Crippen molar-refractivity contribution in [2.45, 2.75) is 39.3 Å². The van der Waals surface area contributed by atoms with E-state index in [1.807, 2.05) is 25.9 Å². The highest BCUT2D eigenvalue weighted by Gasteiger charge is 2.28. The fraction of sp³-hybridized carbons (Fsp3) is 0.769. The largest absolute Gasteiger partial charge is 0.387 e. The number of aryl methyl sites for hydroxylation is 2. The molecule has 0 radical (unpaired) electrons. The molecule has 0 aliphatic rings. The summed E-state index contributed by atoms with van der Waals surface area (Å²) in [6.45, 7) is 6.55. The first-order valence-electron chi connectivity index (χ1n) is 7.00. The van der Waals surface area contributed by atoms with Crippen LogP contribution in [0.1, 0.15) is 26.0 Å². The first kappa shape index (κ1) is 17.4. The van der Waals surface area contributed by atoms with Crippen LogP contribution in [0, 0.1) is 17.0 Å². The van der Waals surface area contributed by atoms with E-state index in [1.54, 1.807) is 18.5 Å². The maximum Gasteiger partial charge on any atom is 0.333 e. The fourth-order valence-corrected chi connectivity index (χ4v) is 2.35. The lowest BCUT2D eigenvalue weighted by Crippen LogP contribution is -2.43. The van der Waals surface area contributed by atoms with E-state index >= 15 is 0 Å². The van der Waals surface area contributed by atoms with E-state index in [1.165, 1.54) is 0 Å². The summed E-state index contributed by atoms with van der Waals surface area (Å²) < 4.78 is 1.60. The van der Waals surface area contributed by atoms with Gasteiger partial charge in [0.05, 0.1) is 10.5 Å². The van der Waals surface area contributed by atoms with Crippen molar-refractivity contribution in [3.63, 3.8) is 0 Å². The smallest absolute Gasteiger partial charge is 0.333 e. The molecule has 0 amide bonds. The first-order chi connectivity index (χ1) is 9.68. The second-order valence-electron chi connectivity index (χ2n) is 5.85. The second-order valence-corrected chi connectivity index (χ2v) is 5.85. The van der Waals surface area contributed by atoms with Crippen molar-refractivity contribution in [1.29, 1.82) is 0 Å². The molecule has 8 heteroatoms. The Balaban J connectivity index is 2.97. The van der Waals surface area contributed by atoms with Crippen molar-refractivity contribution in [2.24, 2.45) is 0 Å². The Morgan fingerprint density at radius 1 is 1.52 bits per heavy atom. The molecule has 1 heterocycles. The van der Waals surface area contributed by atoms with E-state index in [9.17, 15) is 15.2 Å². The molecule has 1 rings (SSSR count). The molecule has 8 nitrogen and oxygen atoms in total. The van der Waals surface area contributed by atoms with Gasteiger partial charge in [-0.1, -0.05) is 6.92 Å². The van der Waals surface area contributed by atoms with Gasteiger partial charge >= 0.3 is 5.69 Å². The van der Waals surface area contributed by atoms with Crippen molar-refractivity contribution in [2.75, 3.05) is 32.5 Å². The maximum absolute atomic E-state index is 11.2. The van der Waals surface area contributed by atoms with E-state index in [4.69, 9.17) is 0 Å². The summed E-state index contributed by atoms with van der Waals surface area (Å²) >= 11 is 0. The van der Waals surface area contributed by atoms with Gasteiger partial charge in [0.25, 0.3) is 0 Å². The van der Waals surface area contributed by atoms with Crippen molar-refractivity contribution < 1.29 is 10.0 Å². The Morgan fingerprint density at radius 3 is 2.62 bits per heavy atom. The van der Waals surface area contributed by atoms with Gasteiger partial charge in [-0.2, -0.15) is 5.10 Å². The Bertz CT molecular complexity index is 496. The number of hydrogen-bond acceptors (Lipinski definition) is 6. The molecular weight excluding hydrogens is 274 g/mol. The van der Waals surface area contributed by atoms with Crippen LogP contribution in [-0.4, -0.2) is 57.5 Å². The van der Waals surface area contributed by atoms with E-state index in [0.717, 1.165) is 6.42 Å². The third kappa shape index (κ3) is 4.68. The van der Waals surface area contributed by atoms with Crippen LogP contribution in [0.2, 0.25) is 0 Å². The minimum atomic E-state index is -0.993. The Kier molecular flexibility index (Phi) is 5.68. The number of nitrogens with one attached hydrogen (secondary N) is 1. The third-order valence-corrected chi connectivity index (χ3v) is 3.01. The molecule has 1 atom stereocenters. The zero-order valence-corrected chi connectivity index (χ0v) is 13.4. The van der Waals surface area contributed by atoms with Gasteiger partial charge in [-0.25, -0.2) is 4.68 Å². The zero-order valence-electron chi connectivity index (χ0n) is 13.4. The lowest BCUT2D eigenvalue weighted by molar-refractivity contribution is -0.384. The summed E-state index contributed by atoms with van der Waals surface area (Å²) in [7, 11) is 3.73. The zero-order chi connectivity index (χ0) is 16.2. The number of nitrogens with zero attached hydrogens (tertiary/aromatic N) is 4. The average Bonchev–Trinajstić information content (AvgIpc) is 2.61.